The number of hydrogen-bond acceptors (Lipinski definition) is 7. The highest BCUT2D eigenvalue weighted by atomic mass is 16.5. The fourth-order valence-electron chi connectivity index (χ4n) is 3.69. The van der Waals surface area contributed by atoms with Crippen molar-refractivity contribution in [3.05, 3.63) is 48.4 Å². The Morgan fingerprint density at radius 1 is 1.34 bits per heavy atom. The molecule has 2 aromatic heterocycles. The van der Waals surface area contributed by atoms with Crippen LogP contribution in [0.5, 0.6) is 5.75 Å². The van der Waals surface area contributed by atoms with Gasteiger partial charge in [-0.3, -0.25) is 4.90 Å². The van der Waals surface area contributed by atoms with Gasteiger partial charge in [0.15, 0.2) is 5.82 Å². The van der Waals surface area contributed by atoms with E-state index in [1.807, 2.05) is 48.8 Å². The summed E-state index contributed by atoms with van der Waals surface area (Å²) in [6.07, 6.45) is 3.88. The zero-order chi connectivity index (χ0) is 20.4. The summed E-state index contributed by atoms with van der Waals surface area (Å²) >= 11 is 0. The second kappa shape index (κ2) is 8.36. The van der Waals surface area contributed by atoms with Gasteiger partial charge in [0, 0.05) is 43.6 Å². The van der Waals surface area contributed by atoms with E-state index >= 15 is 0 Å². The molecule has 0 saturated carbocycles. The molecule has 0 amide bonds. The molecule has 8 nitrogen and oxygen atoms in total. The number of piperidine rings is 1. The van der Waals surface area contributed by atoms with E-state index in [1.165, 1.54) is 6.33 Å². The van der Waals surface area contributed by atoms with Crippen molar-refractivity contribution in [3.8, 4) is 5.75 Å². The summed E-state index contributed by atoms with van der Waals surface area (Å²) in [5, 5.41) is 17.8. The van der Waals surface area contributed by atoms with E-state index in [0.29, 0.717) is 13.1 Å². The molecule has 0 unspecified atom stereocenters. The van der Waals surface area contributed by atoms with Gasteiger partial charge in [0.25, 0.3) is 0 Å². The first-order chi connectivity index (χ1) is 14.0. The summed E-state index contributed by atoms with van der Waals surface area (Å²) in [4.78, 5) is 6.69. The van der Waals surface area contributed by atoms with Crippen LogP contribution in [0, 0.1) is 0 Å². The Kier molecular flexibility index (Phi) is 5.66. The minimum Gasteiger partial charge on any atom is -0.491 e. The lowest BCUT2D eigenvalue weighted by molar-refractivity contribution is 0.0501. The predicted molar refractivity (Wildman–Crippen MR) is 112 cm³/mol. The monoisotopic (exact) mass is 396 g/mol. The number of aliphatic hydroxyl groups excluding tert-OH is 1. The fraction of sp³-hybridized carbons (Fsp3) is 0.429. The van der Waals surface area contributed by atoms with Crippen LogP contribution in [0.2, 0.25) is 0 Å². The molecule has 4 N–H and O–H groups in total. The highest BCUT2D eigenvalue weighted by molar-refractivity contribution is 5.76. The van der Waals surface area contributed by atoms with E-state index in [-0.39, 0.29) is 12.1 Å². The second-order valence-electron chi connectivity index (χ2n) is 7.82. The Morgan fingerprint density at radius 3 is 3.00 bits per heavy atom. The number of aromatic nitrogens is 3. The van der Waals surface area contributed by atoms with Crippen molar-refractivity contribution in [3.63, 3.8) is 0 Å². The number of aliphatic hydroxyl groups is 1. The summed E-state index contributed by atoms with van der Waals surface area (Å²) in [5.41, 5.74) is 8.86. The molecular formula is C21H28N6O2. The van der Waals surface area contributed by atoms with E-state index in [4.69, 9.17) is 10.5 Å². The maximum Gasteiger partial charge on any atom is 0.158 e. The van der Waals surface area contributed by atoms with Gasteiger partial charge in [0.1, 0.15) is 17.6 Å². The van der Waals surface area contributed by atoms with Crippen molar-refractivity contribution >= 4 is 17.0 Å². The number of β-amino-alcohol motifs (C(OH)–C–C–N with tert-alkyl or cyclic N) is 1. The maximum atomic E-state index is 10.1. The van der Waals surface area contributed by atoms with Crippen LogP contribution in [0.4, 0.5) is 11.5 Å². The lowest BCUT2D eigenvalue weighted by Crippen LogP contribution is -2.50. The van der Waals surface area contributed by atoms with Crippen LogP contribution in [0.25, 0.3) is 5.52 Å². The van der Waals surface area contributed by atoms with Gasteiger partial charge in [-0.25, -0.2) is 9.50 Å². The molecule has 3 aromatic rings. The first kappa shape index (κ1) is 19.6. The quantitative estimate of drug-likeness (QED) is 0.587. The van der Waals surface area contributed by atoms with Crippen molar-refractivity contribution in [1.82, 2.24) is 19.5 Å². The number of likely N-dealkylation sites (tertiary alicyclic amines) is 1. The van der Waals surface area contributed by atoms with Crippen LogP contribution in [-0.2, 0) is 6.54 Å². The molecule has 1 aromatic carbocycles. The molecule has 8 heteroatoms. The molecule has 1 aliphatic rings. The number of anilines is 2. The number of benzene rings is 1. The molecule has 3 heterocycles. The van der Waals surface area contributed by atoms with Crippen LogP contribution < -0.4 is 15.8 Å². The smallest absolute Gasteiger partial charge is 0.158 e. The minimum absolute atomic E-state index is 0.112. The molecule has 0 bridgehead atoms. The van der Waals surface area contributed by atoms with Crippen LogP contribution in [0.3, 0.4) is 0 Å². The molecule has 29 heavy (non-hydrogen) atoms. The van der Waals surface area contributed by atoms with Gasteiger partial charge in [-0.15, -0.1) is 0 Å². The highest BCUT2D eigenvalue weighted by Crippen LogP contribution is 2.27. The van der Waals surface area contributed by atoms with E-state index in [9.17, 15) is 5.11 Å². The van der Waals surface area contributed by atoms with Gasteiger partial charge in [-0.1, -0.05) is 6.07 Å². The Balaban J connectivity index is 1.58. The average Bonchev–Trinajstić information content (AvgIpc) is 3.08. The third-order valence-electron chi connectivity index (χ3n) is 5.12. The predicted octanol–water partition coefficient (Wildman–Crippen LogP) is 2.15. The van der Waals surface area contributed by atoms with Crippen LogP contribution >= 0.6 is 0 Å². The highest BCUT2D eigenvalue weighted by Gasteiger charge is 2.25. The first-order valence-electron chi connectivity index (χ1n) is 10.0. The number of nitrogens with one attached hydrogen (secondary N) is 1. The number of rotatable bonds is 6. The Labute approximate surface area is 170 Å². The maximum absolute atomic E-state index is 10.1. The first-order valence-corrected chi connectivity index (χ1v) is 10.0. The lowest BCUT2D eigenvalue weighted by Gasteiger charge is -2.33. The minimum atomic E-state index is -0.491. The largest absolute Gasteiger partial charge is 0.491 e. The third kappa shape index (κ3) is 4.50. The topological polar surface area (TPSA) is 101 Å². The Morgan fingerprint density at radius 2 is 2.21 bits per heavy atom. The second-order valence-corrected chi connectivity index (χ2v) is 7.82. The van der Waals surface area contributed by atoms with E-state index < -0.39 is 6.10 Å². The van der Waals surface area contributed by atoms with Gasteiger partial charge < -0.3 is 20.9 Å². The van der Waals surface area contributed by atoms with Gasteiger partial charge >= 0.3 is 0 Å². The molecule has 4 rings (SSSR count). The van der Waals surface area contributed by atoms with Gasteiger partial charge in [-0.05, 0) is 44.0 Å². The lowest BCUT2D eigenvalue weighted by atomic mass is 10.0. The average molecular weight is 396 g/mol. The van der Waals surface area contributed by atoms with Crippen LogP contribution in [0.15, 0.2) is 42.9 Å². The van der Waals surface area contributed by atoms with Gasteiger partial charge in [-0.2, -0.15) is 5.10 Å². The number of nitrogens with two attached hydrogens (primary N) is 1. The van der Waals surface area contributed by atoms with E-state index in [2.05, 4.69) is 26.4 Å². The summed E-state index contributed by atoms with van der Waals surface area (Å²) in [6.45, 7) is 6.15. The standard InChI is InChI=1S/C21H28N6O2/c1-14(2)29-17-5-3-4-16(10-17)25-21-20-15(6-9-27(20)24-13-23-21)11-26-8-7-18(22)19(28)12-26/h3-6,9-10,13-14,18-19,28H,7-8,11-12,22H2,1-2H3,(H,23,24,25)/t18-,19-/m1/s1. The molecule has 0 aliphatic carbocycles. The zero-order valence-corrected chi connectivity index (χ0v) is 16.8. The van der Waals surface area contributed by atoms with Crippen LogP contribution in [0.1, 0.15) is 25.8 Å². The van der Waals surface area contributed by atoms with Crippen molar-refractivity contribution < 1.29 is 9.84 Å². The molecule has 0 radical (unpaired) electrons. The molecule has 154 valence electrons. The Bertz CT molecular complexity index is 973. The van der Waals surface area contributed by atoms with Crippen molar-refractivity contribution in [2.75, 3.05) is 18.4 Å². The molecule has 1 aliphatic heterocycles. The number of hydrogen-bond donors (Lipinski definition) is 3. The number of fused-ring (bicyclic) bond motifs is 1. The molecule has 1 fully saturated rings. The van der Waals surface area contributed by atoms with Crippen molar-refractivity contribution in [2.24, 2.45) is 5.73 Å². The molecular weight excluding hydrogens is 368 g/mol. The number of nitrogens with zero attached hydrogens (tertiary/aromatic N) is 4. The third-order valence-corrected chi connectivity index (χ3v) is 5.12. The van der Waals surface area contributed by atoms with Crippen LogP contribution in [-0.4, -0.2) is 55.9 Å². The van der Waals surface area contributed by atoms with Gasteiger partial charge in [0.05, 0.1) is 12.2 Å². The van der Waals surface area contributed by atoms with E-state index in [0.717, 1.165) is 41.3 Å². The molecule has 1 saturated heterocycles. The van der Waals surface area contributed by atoms with Crippen molar-refractivity contribution in [1.29, 1.82) is 0 Å². The number of ether oxygens (including phenoxy) is 1. The van der Waals surface area contributed by atoms with E-state index in [1.54, 1.807) is 0 Å². The summed E-state index contributed by atoms with van der Waals surface area (Å²) in [7, 11) is 0. The van der Waals surface area contributed by atoms with Gasteiger partial charge in [0.2, 0.25) is 0 Å². The fourth-order valence-corrected chi connectivity index (χ4v) is 3.69. The SMILES string of the molecule is CC(C)Oc1cccc(Nc2ncnn3ccc(CN4CC[C@@H](N)[C@H](O)C4)c23)c1. The Hall–Kier alpha value is -2.68. The zero-order valence-electron chi connectivity index (χ0n) is 16.8. The molecule has 2 atom stereocenters. The molecule has 0 spiro atoms. The summed E-state index contributed by atoms with van der Waals surface area (Å²) in [5.74, 6) is 1.54. The summed E-state index contributed by atoms with van der Waals surface area (Å²) in [6, 6.07) is 9.75. The van der Waals surface area contributed by atoms with Crippen molar-refractivity contribution in [2.45, 2.75) is 45.1 Å². The summed E-state index contributed by atoms with van der Waals surface area (Å²) < 4.78 is 7.61. The normalized spacial score (nSPS) is 20.3.